The van der Waals surface area contributed by atoms with Gasteiger partial charge in [-0.15, -0.1) is 0 Å². The Morgan fingerprint density at radius 1 is 1.37 bits per heavy atom. The molecule has 1 aliphatic heterocycles. The fraction of sp³-hybridized carbons (Fsp3) is 0.533. The van der Waals surface area contributed by atoms with Crippen LogP contribution in [-0.2, 0) is 0 Å². The predicted molar refractivity (Wildman–Crippen MR) is 78.2 cm³/mol. The SMILES string of the molecule is Cc1ccc(NC(=O)N2CCCCC2CCN)cc1. The number of rotatable bonds is 3. The Balaban J connectivity index is 1.99. The molecule has 1 unspecified atom stereocenters. The maximum absolute atomic E-state index is 12.3. The molecule has 3 N–H and O–H groups in total. The Morgan fingerprint density at radius 2 is 2.11 bits per heavy atom. The predicted octanol–water partition coefficient (Wildman–Crippen LogP) is 2.73. The molecule has 1 saturated heterocycles. The lowest BCUT2D eigenvalue weighted by atomic mass is 10.00. The van der Waals surface area contributed by atoms with Crippen LogP contribution in [0.3, 0.4) is 0 Å². The lowest BCUT2D eigenvalue weighted by Gasteiger charge is -2.35. The Morgan fingerprint density at radius 3 is 2.79 bits per heavy atom. The van der Waals surface area contributed by atoms with Gasteiger partial charge in [-0.05, 0) is 51.3 Å². The molecular formula is C15H23N3O. The molecule has 0 bridgehead atoms. The van der Waals surface area contributed by atoms with E-state index in [1.165, 1.54) is 12.0 Å². The summed E-state index contributed by atoms with van der Waals surface area (Å²) in [6.07, 6.45) is 4.24. The summed E-state index contributed by atoms with van der Waals surface area (Å²) < 4.78 is 0. The first-order valence-electron chi connectivity index (χ1n) is 7.05. The number of urea groups is 1. The number of likely N-dealkylation sites (tertiary alicyclic amines) is 1. The van der Waals surface area contributed by atoms with E-state index < -0.39 is 0 Å². The summed E-state index contributed by atoms with van der Waals surface area (Å²) in [6, 6.07) is 8.18. The number of aryl methyl sites for hydroxylation is 1. The van der Waals surface area contributed by atoms with Crippen molar-refractivity contribution in [1.29, 1.82) is 0 Å². The molecule has 1 fully saturated rings. The van der Waals surface area contributed by atoms with Crippen molar-refractivity contribution in [3.63, 3.8) is 0 Å². The Hall–Kier alpha value is -1.55. The van der Waals surface area contributed by atoms with Gasteiger partial charge in [-0.1, -0.05) is 17.7 Å². The highest BCUT2D eigenvalue weighted by atomic mass is 16.2. The summed E-state index contributed by atoms with van der Waals surface area (Å²) in [5.41, 5.74) is 7.68. The van der Waals surface area contributed by atoms with E-state index in [4.69, 9.17) is 5.73 Å². The third kappa shape index (κ3) is 3.70. The second-order valence-electron chi connectivity index (χ2n) is 5.22. The molecule has 0 aromatic heterocycles. The molecule has 4 heteroatoms. The number of carbonyl (C=O) groups is 1. The maximum atomic E-state index is 12.3. The van der Waals surface area contributed by atoms with Crippen molar-refractivity contribution >= 4 is 11.7 Å². The average Bonchev–Trinajstić information content (AvgIpc) is 2.42. The van der Waals surface area contributed by atoms with Gasteiger partial charge in [0.1, 0.15) is 0 Å². The van der Waals surface area contributed by atoms with Gasteiger partial charge in [0.05, 0.1) is 0 Å². The average molecular weight is 261 g/mol. The van der Waals surface area contributed by atoms with Crippen molar-refractivity contribution in [2.24, 2.45) is 5.73 Å². The van der Waals surface area contributed by atoms with Gasteiger partial charge >= 0.3 is 6.03 Å². The monoisotopic (exact) mass is 261 g/mol. The standard InChI is InChI=1S/C15H23N3O/c1-12-5-7-13(8-6-12)17-15(19)18-11-3-2-4-14(18)9-10-16/h5-8,14H,2-4,9-11,16H2,1H3,(H,17,19). The van der Waals surface area contributed by atoms with Crippen LogP contribution in [0.2, 0.25) is 0 Å². The second kappa shape index (κ2) is 6.57. The van der Waals surface area contributed by atoms with Crippen LogP contribution in [0.4, 0.5) is 10.5 Å². The van der Waals surface area contributed by atoms with Crippen LogP contribution < -0.4 is 11.1 Å². The van der Waals surface area contributed by atoms with E-state index in [0.29, 0.717) is 12.6 Å². The first-order chi connectivity index (χ1) is 9.20. The number of benzene rings is 1. The number of carbonyl (C=O) groups excluding carboxylic acids is 1. The zero-order valence-electron chi connectivity index (χ0n) is 11.6. The van der Waals surface area contributed by atoms with Crippen LogP contribution in [0.1, 0.15) is 31.2 Å². The van der Waals surface area contributed by atoms with E-state index in [1.807, 2.05) is 36.1 Å². The van der Waals surface area contributed by atoms with E-state index in [1.54, 1.807) is 0 Å². The Kier molecular flexibility index (Phi) is 4.80. The second-order valence-corrected chi connectivity index (χ2v) is 5.22. The molecule has 1 atom stereocenters. The lowest BCUT2D eigenvalue weighted by molar-refractivity contribution is 0.159. The lowest BCUT2D eigenvalue weighted by Crippen LogP contribution is -2.46. The molecule has 2 amide bonds. The molecule has 2 rings (SSSR count). The van der Waals surface area contributed by atoms with Crippen molar-refractivity contribution in [2.75, 3.05) is 18.4 Å². The van der Waals surface area contributed by atoms with Crippen LogP contribution in [0.15, 0.2) is 24.3 Å². The summed E-state index contributed by atoms with van der Waals surface area (Å²) in [4.78, 5) is 14.3. The normalized spacial score (nSPS) is 19.3. The highest BCUT2D eigenvalue weighted by Gasteiger charge is 2.25. The van der Waals surface area contributed by atoms with Gasteiger partial charge in [-0.3, -0.25) is 0 Å². The summed E-state index contributed by atoms with van der Waals surface area (Å²) in [6.45, 7) is 3.51. The number of nitrogens with two attached hydrogens (primary N) is 1. The largest absolute Gasteiger partial charge is 0.330 e. The third-order valence-corrected chi connectivity index (χ3v) is 3.69. The molecule has 0 saturated carbocycles. The third-order valence-electron chi connectivity index (χ3n) is 3.69. The van der Waals surface area contributed by atoms with Gasteiger partial charge in [0.2, 0.25) is 0 Å². The molecule has 4 nitrogen and oxygen atoms in total. The molecule has 1 aromatic carbocycles. The maximum Gasteiger partial charge on any atom is 0.322 e. The highest BCUT2D eigenvalue weighted by Crippen LogP contribution is 2.20. The van der Waals surface area contributed by atoms with Crippen LogP contribution in [-0.4, -0.2) is 30.1 Å². The minimum Gasteiger partial charge on any atom is -0.330 e. The smallest absolute Gasteiger partial charge is 0.322 e. The number of nitrogens with zero attached hydrogens (tertiary/aromatic N) is 1. The summed E-state index contributed by atoms with van der Waals surface area (Å²) in [5.74, 6) is 0. The highest BCUT2D eigenvalue weighted by molar-refractivity contribution is 5.89. The number of nitrogens with one attached hydrogen (secondary N) is 1. The molecule has 0 radical (unpaired) electrons. The number of piperidine rings is 1. The topological polar surface area (TPSA) is 58.4 Å². The first-order valence-corrected chi connectivity index (χ1v) is 7.05. The van der Waals surface area contributed by atoms with E-state index in [0.717, 1.165) is 31.5 Å². The zero-order valence-corrected chi connectivity index (χ0v) is 11.6. The molecule has 1 aromatic rings. The van der Waals surface area contributed by atoms with E-state index in [2.05, 4.69) is 5.32 Å². The molecule has 104 valence electrons. The summed E-state index contributed by atoms with van der Waals surface area (Å²) >= 11 is 0. The van der Waals surface area contributed by atoms with Gasteiger partial charge in [0.15, 0.2) is 0 Å². The van der Waals surface area contributed by atoms with E-state index in [9.17, 15) is 4.79 Å². The van der Waals surface area contributed by atoms with Gasteiger partial charge in [0.25, 0.3) is 0 Å². The number of hydrogen-bond donors (Lipinski definition) is 2. The quantitative estimate of drug-likeness (QED) is 0.879. The molecule has 0 spiro atoms. The van der Waals surface area contributed by atoms with Crippen molar-refractivity contribution in [3.05, 3.63) is 29.8 Å². The minimum absolute atomic E-state index is 0.00185. The van der Waals surface area contributed by atoms with Crippen LogP contribution in [0.25, 0.3) is 0 Å². The fourth-order valence-corrected chi connectivity index (χ4v) is 2.59. The number of anilines is 1. The van der Waals surface area contributed by atoms with Crippen LogP contribution in [0, 0.1) is 6.92 Å². The van der Waals surface area contributed by atoms with Crippen molar-refractivity contribution < 1.29 is 4.79 Å². The van der Waals surface area contributed by atoms with Gasteiger partial charge < -0.3 is 16.0 Å². The van der Waals surface area contributed by atoms with Crippen LogP contribution in [0.5, 0.6) is 0 Å². The Labute approximate surface area is 115 Å². The fourth-order valence-electron chi connectivity index (χ4n) is 2.59. The minimum atomic E-state index is 0.00185. The van der Waals surface area contributed by atoms with E-state index >= 15 is 0 Å². The van der Waals surface area contributed by atoms with Gasteiger partial charge in [-0.25, -0.2) is 4.79 Å². The zero-order chi connectivity index (χ0) is 13.7. The van der Waals surface area contributed by atoms with Crippen molar-refractivity contribution in [3.8, 4) is 0 Å². The number of hydrogen-bond acceptors (Lipinski definition) is 2. The van der Waals surface area contributed by atoms with Crippen molar-refractivity contribution in [1.82, 2.24) is 4.90 Å². The molecular weight excluding hydrogens is 238 g/mol. The molecule has 1 aliphatic rings. The van der Waals surface area contributed by atoms with Gasteiger partial charge in [0, 0.05) is 18.3 Å². The molecule has 0 aliphatic carbocycles. The van der Waals surface area contributed by atoms with Crippen LogP contribution >= 0.6 is 0 Å². The molecule has 19 heavy (non-hydrogen) atoms. The van der Waals surface area contributed by atoms with E-state index in [-0.39, 0.29) is 6.03 Å². The first kappa shape index (κ1) is 13.9. The molecule has 1 heterocycles. The van der Waals surface area contributed by atoms with Gasteiger partial charge in [-0.2, -0.15) is 0 Å². The van der Waals surface area contributed by atoms with Crippen molar-refractivity contribution in [2.45, 2.75) is 38.6 Å². The summed E-state index contributed by atoms with van der Waals surface area (Å²) in [5, 5.41) is 2.97. The number of amides is 2. The Bertz CT molecular complexity index is 414. The summed E-state index contributed by atoms with van der Waals surface area (Å²) in [7, 11) is 0.